The Morgan fingerprint density at radius 2 is 2.06 bits per heavy atom. The molecule has 0 saturated heterocycles. The van der Waals surface area contributed by atoms with Crippen molar-refractivity contribution in [2.24, 2.45) is 0 Å². The lowest BCUT2D eigenvalue weighted by Gasteiger charge is -2.11. The van der Waals surface area contributed by atoms with E-state index in [-0.39, 0.29) is 12.0 Å². The van der Waals surface area contributed by atoms with E-state index in [2.05, 4.69) is 11.4 Å². The summed E-state index contributed by atoms with van der Waals surface area (Å²) in [6.07, 6.45) is 1.50. The van der Waals surface area contributed by atoms with Crippen LogP contribution >= 0.6 is 0 Å². The van der Waals surface area contributed by atoms with Crippen LogP contribution in [0.1, 0.15) is 31.2 Å². The highest BCUT2D eigenvalue weighted by molar-refractivity contribution is 5.24. The van der Waals surface area contributed by atoms with Crippen molar-refractivity contribution in [2.45, 2.75) is 31.8 Å². The lowest BCUT2D eigenvalue weighted by atomic mass is 10.0. The zero-order valence-electron chi connectivity index (χ0n) is 10.3. The molecule has 0 heterocycles. The Hall–Kier alpha value is -1.37. The topological polar surface area (TPSA) is 56.0 Å². The average Bonchev–Trinajstić information content (AvgIpc) is 2.34. The first-order chi connectivity index (χ1) is 8.24. The first kappa shape index (κ1) is 13.7. The number of rotatable bonds is 7. The van der Waals surface area contributed by atoms with Gasteiger partial charge in [-0.25, -0.2) is 0 Å². The highest BCUT2D eigenvalue weighted by Gasteiger charge is 2.08. The van der Waals surface area contributed by atoms with Crippen LogP contribution in [0.5, 0.6) is 0 Å². The molecule has 0 aromatic heterocycles. The second kappa shape index (κ2) is 7.83. The molecule has 0 bridgehead atoms. The van der Waals surface area contributed by atoms with E-state index in [9.17, 15) is 0 Å². The molecule has 92 valence electrons. The van der Waals surface area contributed by atoms with Crippen LogP contribution in [-0.2, 0) is 0 Å². The van der Waals surface area contributed by atoms with Gasteiger partial charge in [-0.05, 0) is 31.9 Å². The van der Waals surface area contributed by atoms with Gasteiger partial charge in [-0.2, -0.15) is 5.26 Å². The maximum atomic E-state index is 9.10. The molecule has 17 heavy (non-hydrogen) atoms. The van der Waals surface area contributed by atoms with Crippen molar-refractivity contribution in [3.05, 3.63) is 35.9 Å². The molecule has 1 aromatic rings. The highest BCUT2D eigenvalue weighted by Crippen LogP contribution is 2.12. The minimum atomic E-state index is -0.238. The monoisotopic (exact) mass is 232 g/mol. The zero-order valence-corrected chi connectivity index (χ0v) is 10.3. The molecule has 0 aliphatic heterocycles. The van der Waals surface area contributed by atoms with Crippen molar-refractivity contribution in [1.29, 1.82) is 5.26 Å². The summed E-state index contributed by atoms with van der Waals surface area (Å²) in [5.74, 6) is -0.0947. The maximum Gasteiger partial charge on any atom is 0.0837 e. The molecule has 0 aliphatic carbocycles. The van der Waals surface area contributed by atoms with Gasteiger partial charge in [-0.15, -0.1) is 0 Å². The van der Waals surface area contributed by atoms with Crippen LogP contribution in [0.3, 0.4) is 0 Å². The second-order valence-corrected chi connectivity index (χ2v) is 4.29. The fourth-order valence-electron chi connectivity index (χ4n) is 1.69. The summed E-state index contributed by atoms with van der Waals surface area (Å²) in [6.45, 7) is 3.30. The van der Waals surface area contributed by atoms with Gasteiger partial charge in [0.05, 0.1) is 18.1 Å². The number of hydrogen-bond donors (Lipinski definition) is 2. The molecular formula is C14H20N2O. The van der Waals surface area contributed by atoms with E-state index in [1.165, 1.54) is 0 Å². The summed E-state index contributed by atoms with van der Waals surface area (Å²) in [5.41, 5.74) is 1.05. The van der Waals surface area contributed by atoms with Gasteiger partial charge < -0.3 is 10.4 Å². The third kappa shape index (κ3) is 5.48. The van der Waals surface area contributed by atoms with E-state index in [0.29, 0.717) is 6.54 Å². The first-order valence-corrected chi connectivity index (χ1v) is 6.07. The van der Waals surface area contributed by atoms with E-state index in [1.54, 1.807) is 6.92 Å². The summed E-state index contributed by atoms with van der Waals surface area (Å²) >= 11 is 0. The number of hydrogen-bond acceptors (Lipinski definition) is 3. The Morgan fingerprint density at radius 3 is 2.65 bits per heavy atom. The van der Waals surface area contributed by atoms with Gasteiger partial charge in [0.25, 0.3) is 0 Å². The molecule has 3 nitrogen and oxygen atoms in total. The van der Waals surface area contributed by atoms with E-state index in [0.717, 1.165) is 24.9 Å². The lowest BCUT2D eigenvalue weighted by Crippen LogP contribution is -2.22. The minimum absolute atomic E-state index is 0.0947. The Bertz CT molecular complexity index is 343. The molecule has 0 saturated carbocycles. The molecule has 0 radical (unpaired) electrons. The molecule has 0 spiro atoms. The lowest BCUT2D eigenvalue weighted by molar-refractivity contribution is 0.181. The van der Waals surface area contributed by atoms with E-state index >= 15 is 0 Å². The summed E-state index contributed by atoms with van der Waals surface area (Å²) in [7, 11) is 0. The number of aliphatic hydroxyl groups is 1. The third-order valence-electron chi connectivity index (χ3n) is 2.68. The minimum Gasteiger partial charge on any atom is -0.393 e. The number of nitrogens with one attached hydrogen (secondary N) is 1. The molecule has 0 fully saturated rings. The van der Waals surface area contributed by atoms with Crippen molar-refractivity contribution in [3.8, 4) is 6.07 Å². The smallest absolute Gasteiger partial charge is 0.0837 e. The molecule has 2 unspecified atom stereocenters. The Kier molecular flexibility index (Phi) is 6.31. The van der Waals surface area contributed by atoms with Gasteiger partial charge in [-0.1, -0.05) is 30.3 Å². The molecule has 0 amide bonds. The molecule has 0 aliphatic rings. The predicted molar refractivity (Wildman–Crippen MR) is 68.6 cm³/mol. The predicted octanol–water partition coefficient (Wildman–Crippen LogP) is 2.04. The maximum absolute atomic E-state index is 9.10. The van der Waals surface area contributed by atoms with Crippen LogP contribution in [0, 0.1) is 11.3 Å². The largest absolute Gasteiger partial charge is 0.393 e. The number of aliphatic hydroxyl groups excluding tert-OH is 1. The fraction of sp³-hybridized carbons (Fsp3) is 0.500. The number of benzene rings is 1. The summed E-state index contributed by atoms with van der Waals surface area (Å²) in [6, 6.07) is 12.1. The van der Waals surface area contributed by atoms with Crippen molar-refractivity contribution < 1.29 is 5.11 Å². The van der Waals surface area contributed by atoms with Crippen LogP contribution in [0.25, 0.3) is 0 Å². The Morgan fingerprint density at radius 1 is 1.35 bits per heavy atom. The van der Waals surface area contributed by atoms with Crippen molar-refractivity contribution in [2.75, 3.05) is 13.1 Å². The first-order valence-electron chi connectivity index (χ1n) is 6.07. The van der Waals surface area contributed by atoms with Crippen molar-refractivity contribution >= 4 is 0 Å². The summed E-state index contributed by atoms with van der Waals surface area (Å²) in [4.78, 5) is 0. The van der Waals surface area contributed by atoms with Gasteiger partial charge in [0.15, 0.2) is 0 Å². The van der Waals surface area contributed by atoms with Gasteiger partial charge in [0.2, 0.25) is 0 Å². The Labute approximate surface area is 103 Å². The quantitative estimate of drug-likeness (QED) is 0.707. The van der Waals surface area contributed by atoms with Gasteiger partial charge >= 0.3 is 0 Å². The highest BCUT2D eigenvalue weighted by atomic mass is 16.3. The number of nitriles is 1. The average molecular weight is 232 g/mol. The van der Waals surface area contributed by atoms with Crippen LogP contribution in [0.4, 0.5) is 0 Å². The van der Waals surface area contributed by atoms with Crippen LogP contribution < -0.4 is 5.32 Å². The normalized spacial score (nSPS) is 13.9. The molecule has 2 N–H and O–H groups in total. The standard InChI is InChI=1S/C14H20N2O/c1-12(17)6-5-9-16-11-14(10-15)13-7-3-2-4-8-13/h2-4,7-8,12,14,16-17H,5-6,9,11H2,1H3. The van der Waals surface area contributed by atoms with E-state index < -0.39 is 0 Å². The van der Waals surface area contributed by atoms with Crippen LogP contribution in [-0.4, -0.2) is 24.3 Å². The molecular weight excluding hydrogens is 212 g/mol. The van der Waals surface area contributed by atoms with Gasteiger partial charge in [-0.3, -0.25) is 0 Å². The van der Waals surface area contributed by atoms with Crippen LogP contribution in [0.2, 0.25) is 0 Å². The fourth-order valence-corrected chi connectivity index (χ4v) is 1.69. The van der Waals surface area contributed by atoms with Crippen LogP contribution in [0.15, 0.2) is 30.3 Å². The van der Waals surface area contributed by atoms with Crippen molar-refractivity contribution in [1.82, 2.24) is 5.32 Å². The van der Waals surface area contributed by atoms with Gasteiger partial charge in [0.1, 0.15) is 0 Å². The number of nitrogens with zero attached hydrogens (tertiary/aromatic N) is 1. The molecule has 1 rings (SSSR count). The summed E-state index contributed by atoms with van der Waals surface area (Å²) in [5, 5.41) is 21.5. The van der Waals surface area contributed by atoms with E-state index in [4.69, 9.17) is 10.4 Å². The SMILES string of the molecule is CC(O)CCCNCC(C#N)c1ccccc1. The molecule has 1 aromatic carbocycles. The van der Waals surface area contributed by atoms with Gasteiger partial charge in [0, 0.05) is 6.54 Å². The molecule has 3 heteroatoms. The Balaban J connectivity index is 2.27. The second-order valence-electron chi connectivity index (χ2n) is 4.29. The molecule has 2 atom stereocenters. The van der Waals surface area contributed by atoms with E-state index in [1.807, 2.05) is 30.3 Å². The zero-order chi connectivity index (χ0) is 12.5. The summed E-state index contributed by atoms with van der Waals surface area (Å²) < 4.78 is 0. The van der Waals surface area contributed by atoms with Crippen molar-refractivity contribution in [3.63, 3.8) is 0 Å². The third-order valence-corrected chi connectivity index (χ3v) is 2.68.